The van der Waals surface area contributed by atoms with E-state index in [4.69, 9.17) is 14.7 Å². The van der Waals surface area contributed by atoms with Gasteiger partial charge in [-0.3, -0.25) is 4.79 Å². The highest BCUT2D eigenvalue weighted by molar-refractivity contribution is 5.94. The fourth-order valence-electron chi connectivity index (χ4n) is 2.17. The van der Waals surface area contributed by atoms with Gasteiger partial charge >= 0.3 is 0 Å². The number of carbonyl (C=O) groups excluding carboxylic acids is 1. The van der Waals surface area contributed by atoms with Crippen LogP contribution in [0.3, 0.4) is 0 Å². The first-order chi connectivity index (χ1) is 9.15. The lowest BCUT2D eigenvalue weighted by atomic mass is 10.0. The van der Waals surface area contributed by atoms with Crippen molar-refractivity contribution in [2.24, 2.45) is 5.92 Å². The summed E-state index contributed by atoms with van der Waals surface area (Å²) in [5.41, 5.74) is 1.07. The van der Waals surface area contributed by atoms with Crippen LogP contribution in [-0.2, 0) is 9.53 Å². The first-order valence-corrected chi connectivity index (χ1v) is 6.16. The monoisotopic (exact) mass is 260 g/mol. The van der Waals surface area contributed by atoms with E-state index in [0.717, 1.165) is 6.42 Å². The summed E-state index contributed by atoms with van der Waals surface area (Å²) in [7, 11) is 1.51. The first-order valence-electron chi connectivity index (χ1n) is 6.16. The number of nitriles is 1. The predicted octanol–water partition coefficient (Wildman–Crippen LogP) is 1.93. The molecule has 2 rings (SSSR count). The maximum Gasteiger partial charge on any atom is 0.230 e. The molecule has 1 aliphatic heterocycles. The van der Waals surface area contributed by atoms with Crippen LogP contribution in [0.4, 0.5) is 5.69 Å². The van der Waals surface area contributed by atoms with E-state index in [-0.39, 0.29) is 17.9 Å². The average Bonchev–Trinajstić information content (AvgIpc) is 2.85. The number of nitrogens with zero attached hydrogens (tertiary/aromatic N) is 1. The molecule has 100 valence electrons. The van der Waals surface area contributed by atoms with Gasteiger partial charge in [0.15, 0.2) is 0 Å². The van der Waals surface area contributed by atoms with E-state index in [1.54, 1.807) is 18.2 Å². The maximum absolute atomic E-state index is 12.1. The van der Waals surface area contributed by atoms with Gasteiger partial charge < -0.3 is 14.8 Å². The Balaban J connectivity index is 2.14. The molecule has 1 aliphatic rings. The lowest BCUT2D eigenvalue weighted by Gasteiger charge is -2.15. The Morgan fingerprint density at radius 1 is 1.58 bits per heavy atom. The van der Waals surface area contributed by atoms with Gasteiger partial charge in [0.05, 0.1) is 36.5 Å². The second-order valence-corrected chi connectivity index (χ2v) is 4.49. The van der Waals surface area contributed by atoms with Gasteiger partial charge in [-0.2, -0.15) is 5.26 Å². The van der Waals surface area contributed by atoms with Gasteiger partial charge in [-0.05, 0) is 25.5 Å². The van der Waals surface area contributed by atoms with Crippen molar-refractivity contribution in [2.45, 2.75) is 19.4 Å². The fraction of sp³-hybridized carbons (Fsp3) is 0.429. The van der Waals surface area contributed by atoms with Crippen LogP contribution in [-0.4, -0.2) is 25.7 Å². The molecule has 1 amide bonds. The van der Waals surface area contributed by atoms with Gasteiger partial charge in [0.2, 0.25) is 5.91 Å². The van der Waals surface area contributed by atoms with E-state index in [9.17, 15) is 4.79 Å². The molecule has 0 bridgehead atoms. The Hall–Kier alpha value is -2.06. The smallest absolute Gasteiger partial charge is 0.230 e. The lowest BCUT2D eigenvalue weighted by molar-refractivity contribution is -0.121. The second kappa shape index (κ2) is 5.72. The number of methoxy groups -OCH3 is 1. The number of amides is 1. The Morgan fingerprint density at radius 3 is 2.95 bits per heavy atom. The summed E-state index contributed by atoms with van der Waals surface area (Å²) in [4.78, 5) is 12.1. The Labute approximate surface area is 112 Å². The molecule has 1 N–H and O–H groups in total. The zero-order valence-corrected chi connectivity index (χ0v) is 11.0. The topological polar surface area (TPSA) is 71.3 Å². The summed E-state index contributed by atoms with van der Waals surface area (Å²) >= 11 is 0. The summed E-state index contributed by atoms with van der Waals surface area (Å²) in [6, 6.07) is 6.95. The van der Waals surface area contributed by atoms with E-state index in [1.807, 2.05) is 13.0 Å². The average molecular weight is 260 g/mol. The van der Waals surface area contributed by atoms with Crippen LogP contribution in [0, 0.1) is 17.2 Å². The van der Waals surface area contributed by atoms with E-state index in [1.165, 1.54) is 7.11 Å². The molecule has 5 nitrogen and oxygen atoms in total. The van der Waals surface area contributed by atoms with E-state index in [0.29, 0.717) is 23.6 Å². The molecule has 1 heterocycles. The van der Waals surface area contributed by atoms with Crippen LogP contribution >= 0.6 is 0 Å². The molecule has 2 atom stereocenters. The SMILES string of the molecule is COc1cc(C#N)ccc1NC(=O)C1CCOC1C. The third-order valence-corrected chi connectivity index (χ3v) is 3.30. The zero-order valence-electron chi connectivity index (χ0n) is 11.0. The third kappa shape index (κ3) is 2.85. The Morgan fingerprint density at radius 2 is 2.37 bits per heavy atom. The van der Waals surface area contributed by atoms with Crippen LogP contribution in [0.15, 0.2) is 18.2 Å². The highest BCUT2D eigenvalue weighted by Crippen LogP contribution is 2.28. The molecule has 0 spiro atoms. The van der Waals surface area contributed by atoms with Gasteiger partial charge in [-0.15, -0.1) is 0 Å². The third-order valence-electron chi connectivity index (χ3n) is 3.30. The minimum absolute atomic E-state index is 0.0654. The summed E-state index contributed by atoms with van der Waals surface area (Å²) in [6.45, 7) is 2.51. The molecule has 1 fully saturated rings. The van der Waals surface area contributed by atoms with Crippen LogP contribution in [0.25, 0.3) is 0 Å². The zero-order chi connectivity index (χ0) is 13.8. The van der Waals surface area contributed by atoms with Crippen molar-refractivity contribution in [3.05, 3.63) is 23.8 Å². The molecular weight excluding hydrogens is 244 g/mol. The quantitative estimate of drug-likeness (QED) is 0.901. The lowest BCUT2D eigenvalue weighted by Crippen LogP contribution is -2.27. The summed E-state index contributed by atoms with van der Waals surface area (Å²) in [5.74, 6) is 0.271. The van der Waals surface area contributed by atoms with Crippen LogP contribution in [0.1, 0.15) is 18.9 Å². The van der Waals surface area contributed by atoms with Crippen molar-refractivity contribution in [1.82, 2.24) is 0 Å². The molecule has 1 aromatic carbocycles. The van der Waals surface area contributed by atoms with Gasteiger partial charge in [0.25, 0.3) is 0 Å². The summed E-state index contributed by atoms with van der Waals surface area (Å²) < 4.78 is 10.6. The second-order valence-electron chi connectivity index (χ2n) is 4.49. The van der Waals surface area contributed by atoms with Crippen LogP contribution in [0.2, 0.25) is 0 Å². The van der Waals surface area contributed by atoms with Crippen molar-refractivity contribution >= 4 is 11.6 Å². The van der Waals surface area contributed by atoms with Gasteiger partial charge in [-0.1, -0.05) is 0 Å². The van der Waals surface area contributed by atoms with Crippen molar-refractivity contribution in [3.8, 4) is 11.8 Å². The largest absolute Gasteiger partial charge is 0.495 e. The van der Waals surface area contributed by atoms with Gasteiger partial charge in [-0.25, -0.2) is 0 Å². The van der Waals surface area contributed by atoms with Crippen LogP contribution < -0.4 is 10.1 Å². The highest BCUT2D eigenvalue weighted by Gasteiger charge is 2.31. The predicted molar refractivity (Wildman–Crippen MR) is 69.9 cm³/mol. The van der Waals surface area contributed by atoms with E-state index < -0.39 is 0 Å². The minimum atomic E-state index is -0.139. The number of carbonyl (C=O) groups is 1. The number of nitrogens with one attached hydrogen (secondary N) is 1. The van der Waals surface area contributed by atoms with E-state index in [2.05, 4.69) is 5.32 Å². The summed E-state index contributed by atoms with van der Waals surface area (Å²) in [6.07, 6.45) is 0.662. The standard InChI is InChI=1S/C14H16N2O3/c1-9-11(5-6-19-9)14(17)16-12-4-3-10(8-15)7-13(12)18-2/h3-4,7,9,11H,5-6H2,1-2H3,(H,16,17). The van der Waals surface area contributed by atoms with Gasteiger partial charge in [0, 0.05) is 12.7 Å². The Kier molecular flexibility index (Phi) is 4.03. The van der Waals surface area contributed by atoms with Crippen molar-refractivity contribution < 1.29 is 14.3 Å². The summed E-state index contributed by atoms with van der Waals surface area (Å²) in [5, 5.41) is 11.7. The minimum Gasteiger partial charge on any atom is -0.495 e. The van der Waals surface area contributed by atoms with Crippen molar-refractivity contribution in [2.75, 3.05) is 19.0 Å². The van der Waals surface area contributed by atoms with E-state index >= 15 is 0 Å². The number of hydrogen-bond acceptors (Lipinski definition) is 4. The molecule has 0 aromatic heterocycles. The van der Waals surface area contributed by atoms with Crippen LogP contribution in [0.5, 0.6) is 5.75 Å². The number of hydrogen-bond donors (Lipinski definition) is 1. The first kappa shape index (κ1) is 13.4. The molecule has 1 aromatic rings. The molecular formula is C14H16N2O3. The molecule has 0 radical (unpaired) electrons. The Bertz CT molecular complexity index is 522. The molecule has 19 heavy (non-hydrogen) atoms. The number of benzene rings is 1. The van der Waals surface area contributed by atoms with Gasteiger partial charge in [0.1, 0.15) is 5.75 Å². The number of ether oxygens (including phenoxy) is 2. The normalized spacial score (nSPS) is 21.7. The highest BCUT2D eigenvalue weighted by atomic mass is 16.5. The number of anilines is 1. The number of rotatable bonds is 3. The molecule has 1 saturated heterocycles. The molecule has 0 aliphatic carbocycles. The van der Waals surface area contributed by atoms with Crippen molar-refractivity contribution in [3.63, 3.8) is 0 Å². The molecule has 5 heteroatoms. The van der Waals surface area contributed by atoms with Crippen molar-refractivity contribution in [1.29, 1.82) is 5.26 Å². The molecule has 2 unspecified atom stereocenters. The fourth-order valence-corrected chi connectivity index (χ4v) is 2.17. The maximum atomic E-state index is 12.1. The molecule has 0 saturated carbocycles.